The predicted molar refractivity (Wildman–Crippen MR) is 100 cm³/mol. The molecule has 2 aromatic rings. The van der Waals surface area contributed by atoms with Crippen LogP contribution >= 0.6 is 0 Å². The summed E-state index contributed by atoms with van der Waals surface area (Å²) >= 11 is 0. The SMILES string of the molecule is CNC(=O)C(c1ccccc1)(N1CCNCC1)S(=O)(=O)c1ccccc1. The van der Waals surface area contributed by atoms with Gasteiger partial charge >= 0.3 is 0 Å². The minimum Gasteiger partial charge on any atom is -0.356 e. The van der Waals surface area contributed by atoms with Crippen LogP contribution in [0.3, 0.4) is 0 Å². The van der Waals surface area contributed by atoms with Crippen LogP contribution in [0.4, 0.5) is 0 Å². The molecule has 1 heterocycles. The molecule has 0 radical (unpaired) electrons. The first-order valence-electron chi connectivity index (χ1n) is 8.58. The van der Waals surface area contributed by atoms with E-state index in [1.54, 1.807) is 47.4 Å². The van der Waals surface area contributed by atoms with Crippen LogP contribution in [0.25, 0.3) is 0 Å². The second kappa shape index (κ2) is 7.57. The fourth-order valence-electron chi connectivity index (χ4n) is 3.49. The van der Waals surface area contributed by atoms with Crippen LogP contribution in [0.1, 0.15) is 5.56 Å². The standard InChI is InChI=1S/C19H23N3O3S/c1-20-18(23)19(16-8-4-2-5-9-16,22-14-12-21-13-15-22)26(24,25)17-10-6-3-7-11-17/h2-11,21H,12-15H2,1H3,(H,20,23). The molecule has 1 saturated heterocycles. The highest BCUT2D eigenvalue weighted by atomic mass is 32.2. The number of amides is 1. The van der Waals surface area contributed by atoms with Crippen LogP contribution in [0.5, 0.6) is 0 Å². The molecule has 1 fully saturated rings. The highest BCUT2D eigenvalue weighted by molar-refractivity contribution is 7.93. The maximum absolute atomic E-state index is 13.8. The Morgan fingerprint density at radius 1 is 1.00 bits per heavy atom. The number of carbonyl (C=O) groups excluding carboxylic acids is 1. The summed E-state index contributed by atoms with van der Waals surface area (Å²) in [6.45, 7) is 2.15. The van der Waals surface area contributed by atoms with Crippen LogP contribution in [-0.2, 0) is 19.5 Å². The molecule has 26 heavy (non-hydrogen) atoms. The molecule has 0 bridgehead atoms. The van der Waals surface area contributed by atoms with Crippen LogP contribution in [0.15, 0.2) is 65.6 Å². The summed E-state index contributed by atoms with van der Waals surface area (Å²) in [7, 11) is -2.57. The summed E-state index contributed by atoms with van der Waals surface area (Å²) in [6.07, 6.45) is 0. The number of likely N-dealkylation sites (N-methyl/N-ethyl adjacent to an activating group) is 1. The molecule has 0 saturated carbocycles. The zero-order valence-electron chi connectivity index (χ0n) is 14.7. The molecule has 3 rings (SSSR count). The molecule has 1 amide bonds. The normalized spacial score (nSPS) is 18.0. The average Bonchev–Trinajstić information content (AvgIpc) is 2.70. The van der Waals surface area contributed by atoms with Crippen molar-refractivity contribution in [3.63, 3.8) is 0 Å². The third-order valence-electron chi connectivity index (χ3n) is 4.70. The number of sulfone groups is 1. The van der Waals surface area contributed by atoms with Gasteiger partial charge in [0.15, 0.2) is 0 Å². The van der Waals surface area contributed by atoms with Crippen molar-refractivity contribution in [1.29, 1.82) is 0 Å². The zero-order valence-corrected chi connectivity index (χ0v) is 15.5. The van der Waals surface area contributed by atoms with Crippen molar-refractivity contribution in [3.05, 3.63) is 66.2 Å². The monoisotopic (exact) mass is 373 g/mol. The predicted octanol–water partition coefficient (Wildman–Crippen LogP) is 0.965. The van der Waals surface area contributed by atoms with E-state index < -0.39 is 20.6 Å². The number of piperazine rings is 1. The third-order valence-corrected chi connectivity index (χ3v) is 7.05. The summed E-state index contributed by atoms with van der Waals surface area (Å²) in [4.78, 5) is 13.3. The highest BCUT2D eigenvalue weighted by Gasteiger charge is 2.56. The van der Waals surface area contributed by atoms with Gasteiger partial charge in [-0.15, -0.1) is 0 Å². The fourth-order valence-corrected chi connectivity index (χ4v) is 5.66. The van der Waals surface area contributed by atoms with Crippen molar-refractivity contribution >= 4 is 15.7 Å². The van der Waals surface area contributed by atoms with Gasteiger partial charge in [0.1, 0.15) is 0 Å². The van der Waals surface area contributed by atoms with Gasteiger partial charge in [-0.3, -0.25) is 9.69 Å². The van der Waals surface area contributed by atoms with Gasteiger partial charge in [-0.25, -0.2) is 8.42 Å². The van der Waals surface area contributed by atoms with Gasteiger partial charge in [-0.2, -0.15) is 0 Å². The maximum atomic E-state index is 13.8. The largest absolute Gasteiger partial charge is 0.356 e. The first-order chi connectivity index (χ1) is 12.5. The molecule has 7 heteroatoms. The molecule has 1 aliphatic heterocycles. The lowest BCUT2D eigenvalue weighted by molar-refractivity contribution is -0.129. The molecule has 1 unspecified atom stereocenters. The molecule has 6 nitrogen and oxygen atoms in total. The van der Waals surface area contributed by atoms with Crippen LogP contribution in [0.2, 0.25) is 0 Å². The van der Waals surface area contributed by atoms with Crippen LogP contribution in [-0.4, -0.2) is 52.5 Å². The van der Waals surface area contributed by atoms with Crippen LogP contribution < -0.4 is 10.6 Å². The summed E-state index contributed by atoms with van der Waals surface area (Å²) in [6, 6.07) is 16.9. The van der Waals surface area contributed by atoms with Crippen molar-refractivity contribution < 1.29 is 13.2 Å². The van der Waals surface area contributed by atoms with Gasteiger partial charge in [-0.05, 0) is 17.7 Å². The Balaban J connectivity index is 2.31. The first kappa shape index (κ1) is 18.6. The molecule has 2 N–H and O–H groups in total. The van der Waals surface area contributed by atoms with Gasteiger partial charge in [0.05, 0.1) is 4.90 Å². The van der Waals surface area contributed by atoms with Gasteiger partial charge < -0.3 is 10.6 Å². The van der Waals surface area contributed by atoms with Crippen molar-refractivity contribution in [1.82, 2.24) is 15.5 Å². The van der Waals surface area contributed by atoms with E-state index in [9.17, 15) is 13.2 Å². The lowest BCUT2D eigenvalue weighted by Crippen LogP contribution is -2.64. The maximum Gasteiger partial charge on any atom is 0.261 e. The average molecular weight is 373 g/mol. The van der Waals surface area contributed by atoms with Crippen molar-refractivity contribution in [2.75, 3.05) is 33.2 Å². The second-order valence-corrected chi connectivity index (χ2v) is 8.21. The Bertz CT molecular complexity index is 850. The van der Waals surface area contributed by atoms with Gasteiger partial charge in [0, 0.05) is 33.2 Å². The molecular formula is C19H23N3O3S. The second-order valence-electron chi connectivity index (χ2n) is 6.14. The lowest BCUT2D eigenvalue weighted by atomic mass is 10.0. The van der Waals surface area contributed by atoms with E-state index in [2.05, 4.69) is 10.6 Å². The minimum atomic E-state index is -4.04. The van der Waals surface area contributed by atoms with E-state index >= 15 is 0 Å². The molecule has 1 aliphatic rings. The van der Waals surface area contributed by atoms with E-state index in [0.29, 0.717) is 31.7 Å². The highest BCUT2D eigenvalue weighted by Crippen LogP contribution is 2.39. The Morgan fingerprint density at radius 2 is 1.54 bits per heavy atom. The Morgan fingerprint density at radius 3 is 2.08 bits per heavy atom. The molecule has 0 spiro atoms. The van der Waals surface area contributed by atoms with Crippen molar-refractivity contribution in [3.8, 4) is 0 Å². The topological polar surface area (TPSA) is 78.5 Å². The van der Waals surface area contributed by atoms with Gasteiger partial charge in [0.25, 0.3) is 5.91 Å². The number of carbonyl (C=O) groups is 1. The van der Waals surface area contributed by atoms with E-state index in [-0.39, 0.29) is 4.90 Å². The third kappa shape index (κ3) is 2.92. The number of nitrogens with zero attached hydrogens (tertiary/aromatic N) is 1. The van der Waals surface area contributed by atoms with E-state index in [0.717, 1.165) is 0 Å². The lowest BCUT2D eigenvalue weighted by Gasteiger charge is -2.43. The molecule has 0 aromatic heterocycles. The van der Waals surface area contributed by atoms with E-state index in [1.165, 1.54) is 19.2 Å². The van der Waals surface area contributed by atoms with Crippen molar-refractivity contribution in [2.45, 2.75) is 9.77 Å². The Labute approximate surface area is 154 Å². The summed E-state index contributed by atoms with van der Waals surface area (Å²) in [5.41, 5.74) is 0.449. The summed E-state index contributed by atoms with van der Waals surface area (Å²) in [5.74, 6) is -0.547. The number of hydrogen-bond donors (Lipinski definition) is 2. The van der Waals surface area contributed by atoms with E-state index in [1.807, 2.05) is 6.07 Å². The molecule has 138 valence electrons. The van der Waals surface area contributed by atoms with Crippen LogP contribution in [0, 0.1) is 0 Å². The number of rotatable bonds is 5. The Hall–Kier alpha value is -2.22. The molecular weight excluding hydrogens is 350 g/mol. The first-order valence-corrected chi connectivity index (χ1v) is 10.1. The zero-order chi connectivity index (χ0) is 18.6. The fraction of sp³-hybridized carbons (Fsp3) is 0.316. The molecule has 1 atom stereocenters. The summed E-state index contributed by atoms with van der Waals surface area (Å²) in [5, 5.41) is 5.82. The van der Waals surface area contributed by atoms with Gasteiger partial charge in [0.2, 0.25) is 14.7 Å². The number of benzene rings is 2. The number of hydrogen-bond acceptors (Lipinski definition) is 5. The summed E-state index contributed by atoms with van der Waals surface area (Å²) < 4.78 is 27.7. The molecule has 2 aromatic carbocycles. The minimum absolute atomic E-state index is 0.131. The van der Waals surface area contributed by atoms with Crippen molar-refractivity contribution in [2.24, 2.45) is 0 Å². The number of nitrogens with one attached hydrogen (secondary N) is 2. The molecule has 0 aliphatic carbocycles. The quantitative estimate of drug-likeness (QED) is 0.816. The smallest absolute Gasteiger partial charge is 0.261 e. The van der Waals surface area contributed by atoms with Gasteiger partial charge in [-0.1, -0.05) is 48.5 Å². The van der Waals surface area contributed by atoms with E-state index in [4.69, 9.17) is 0 Å². The Kier molecular flexibility index (Phi) is 5.41.